The maximum Gasteiger partial charge on any atom is 0.201 e. The van der Waals surface area contributed by atoms with E-state index in [0.717, 1.165) is 11.3 Å². The lowest BCUT2D eigenvalue weighted by molar-refractivity contribution is 0.414. The Morgan fingerprint density at radius 3 is 2.57 bits per heavy atom. The van der Waals surface area contributed by atoms with Crippen LogP contribution in [0, 0.1) is 0 Å². The summed E-state index contributed by atoms with van der Waals surface area (Å²) in [5.41, 5.74) is 8.35. The van der Waals surface area contributed by atoms with E-state index in [9.17, 15) is 0 Å². The number of aromatic nitrogens is 5. The Morgan fingerprint density at radius 2 is 1.87 bits per heavy atom. The molecule has 0 amide bonds. The Kier molecular flexibility index (Phi) is 4.29. The summed E-state index contributed by atoms with van der Waals surface area (Å²) in [7, 11) is 1.65. The fraction of sp³-hybridized carbons (Fsp3) is 0.250. The highest BCUT2D eigenvalue weighted by Gasteiger charge is 2.15. The van der Waals surface area contributed by atoms with Gasteiger partial charge in [-0.3, -0.25) is 4.98 Å². The molecule has 7 nitrogen and oxygen atoms in total. The van der Waals surface area contributed by atoms with Gasteiger partial charge in [-0.1, -0.05) is 12.1 Å². The number of nitrogens with zero attached hydrogens (tertiary/aromatic N) is 5. The largest absolute Gasteiger partial charge is 0.497 e. The number of nitrogens with two attached hydrogens (primary N) is 1. The van der Waals surface area contributed by atoms with Gasteiger partial charge < -0.3 is 10.5 Å². The molecule has 7 heteroatoms. The molecule has 23 heavy (non-hydrogen) atoms. The van der Waals surface area contributed by atoms with Crippen molar-refractivity contribution in [2.24, 2.45) is 5.73 Å². The van der Waals surface area contributed by atoms with E-state index in [0.29, 0.717) is 23.8 Å². The van der Waals surface area contributed by atoms with Gasteiger partial charge in [-0.15, -0.1) is 5.10 Å². The lowest BCUT2D eigenvalue weighted by Crippen LogP contribution is -2.10. The lowest BCUT2D eigenvalue weighted by Gasteiger charge is -2.07. The molecule has 3 rings (SSSR count). The van der Waals surface area contributed by atoms with E-state index in [4.69, 9.17) is 10.5 Å². The van der Waals surface area contributed by atoms with Gasteiger partial charge in [0.05, 0.1) is 19.3 Å². The van der Waals surface area contributed by atoms with E-state index in [1.165, 1.54) is 0 Å². The summed E-state index contributed by atoms with van der Waals surface area (Å²) in [6, 6.07) is 7.60. The van der Waals surface area contributed by atoms with Crippen molar-refractivity contribution in [3.8, 4) is 17.3 Å². The molecule has 0 aliphatic rings. The summed E-state index contributed by atoms with van der Waals surface area (Å²) in [6.45, 7) is 2.48. The van der Waals surface area contributed by atoms with Crippen LogP contribution in [0.2, 0.25) is 0 Å². The summed E-state index contributed by atoms with van der Waals surface area (Å²) in [5, 5.41) is 4.48. The van der Waals surface area contributed by atoms with Gasteiger partial charge in [0.2, 0.25) is 5.82 Å². The normalized spacial score (nSPS) is 12.1. The van der Waals surface area contributed by atoms with Gasteiger partial charge in [-0.2, -0.15) is 0 Å². The van der Waals surface area contributed by atoms with Gasteiger partial charge in [0.15, 0.2) is 0 Å². The minimum Gasteiger partial charge on any atom is -0.497 e. The van der Waals surface area contributed by atoms with Gasteiger partial charge in [0.1, 0.15) is 17.8 Å². The molecule has 1 aromatic carbocycles. The summed E-state index contributed by atoms with van der Waals surface area (Å²) in [4.78, 5) is 12.9. The Morgan fingerprint density at radius 1 is 1.13 bits per heavy atom. The smallest absolute Gasteiger partial charge is 0.201 e. The summed E-state index contributed by atoms with van der Waals surface area (Å²) in [6.07, 6.45) is 4.92. The van der Waals surface area contributed by atoms with Crippen LogP contribution in [0.1, 0.15) is 24.2 Å². The van der Waals surface area contributed by atoms with Crippen molar-refractivity contribution >= 4 is 0 Å². The second kappa shape index (κ2) is 6.53. The zero-order valence-corrected chi connectivity index (χ0v) is 13.0. The first-order valence-electron chi connectivity index (χ1n) is 7.26. The van der Waals surface area contributed by atoms with Crippen molar-refractivity contribution in [3.05, 3.63) is 54.2 Å². The van der Waals surface area contributed by atoms with Crippen LogP contribution in [0.3, 0.4) is 0 Å². The maximum absolute atomic E-state index is 5.93. The molecule has 2 heterocycles. The van der Waals surface area contributed by atoms with Crippen LogP contribution < -0.4 is 10.5 Å². The molecule has 0 aliphatic heterocycles. The van der Waals surface area contributed by atoms with Crippen LogP contribution in [0.5, 0.6) is 5.75 Å². The average Bonchev–Trinajstić information content (AvgIpc) is 3.04. The molecule has 0 saturated carbocycles. The van der Waals surface area contributed by atoms with Crippen molar-refractivity contribution in [3.63, 3.8) is 0 Å². The molecule has 0 bridgehead atoms. The summed E-state index contributed by atoms with van der Waals surface area (Å²) >= 11 is 0. The number of hydrogen-bond donors (Lipinski definition) is 1. The van der Waals surface area contributed by atoms with Crippen LogP contribution in [-0.4, -0.2) is 31.8 Å². The molecular formula is C16H18N6O. The zero-order valence-electron chi connectivity index (χ0n) is 13.0. The maximum atomic E-state index is 5.93. The molecule has 0 radical (unpaired) electrons. The molecular weight excluding hydrogens is 292 g/mol. The van der Waals surface area contributed by atoms with Crippen LogP contribution in [0.15, 0.2) is 43.0 Å². The third kappa shape index (κ3) is 3.35. The molecule has 3 aromatic rings. The Labute approximate surface area is 134 Å². The predicted octanol–water partition coefficient (Wildman–Crippen LogP) is 1.81. The fourth-order valence-corrected chi connectivity index (χ4v) is 2.25. The van der Waals surface area contributed by atoms with Crippen molar-refractivity contribution in [1.82, 2.24) is 24.7 Å². The van der Waals surface area contributed by atoms with E-state index < -0.39 is 0 Å². The van der Waals surface area contributed by atoms with Gasteiger partial charge in [0.25, 0.3) is 0 Å². The Hall–Kier alpha value is -2.80. The standard InChI is InChI=1S/C16H18N6O/c1-11(17)14-15(19-8-7-18-14)16-20-10-22(21-16)9-12-3-5-13(23-2)6-4-12/h3-8,10-11H,9,17H2,1-2H3. The Balaban J connectivity index is 1.83. The average molecular weight is 310 g/mol. The minimum absolute atomic E-state index is 0.229. The second-order valence-electron chi connectivity index (χ2n) is 5.19. The van der Waals surface area contributed by atoms with Gasteiger partial charge in [0, 0.05) is 18.4 Å². The molecule has 2 aromatic heterocycles. The zero-order chi connectivity index (χ0) is 16.2. The highest BCUT2D eigenvalue weighted by molar-refractivity contribution is 5.52. The number of ether oxygens (including phenoxy) is 1. The Bertz CT molecular complexity index is 781. The van der Waals surface area contributed by atoms with E-state index in [-0.39, 0.29) is 6.04 Å². The van der Waals surface area contributed by atoms with Gasteiger partial charge in [-0.25, -0.2) is 14.6 Å². The quantitative estimate of drug-likeness (QED) is 0.772. The summed E-state index contributed by atoms with van der Waals surface area (Å²) in [5.74, 6) is 1.35. The number of rotatable bonds is 5. The molecule has 0 aliphatic carbocycles. The first-order valence-corrected chi connectivity index (χ1v) is 7.26. The molecule has 0 fully saturated rings. The van der Waals surface area contributed by atoms with Crippen LogP contribution in [0.4, 0.5) is 0 Å². The van der Waals surface area contributed by atoms with E-state index in [2.05, 4.69) is 20.1 Å². The van der Waals surface area contributed by atoms with Crippen LogP contribution in [0.25, 0.3) is 11.5 Å². The van der Waals surface area contributed by atoms with Crippen molar-refractivity contribution in [2.75, 3.05) is 7.11 Å². The molecule has 2 N–H and O–H groups in total. The fourth-order valence-electron chi connectivity index (χ4n) is 2.25. The third-order valence-electron chi connectivity index (χ3n) is 3.41. The molecule has 0 spiro atoms. The minimum atomic E-state index is -0.229. The van der Waals surface area contributed by atoms with Crippen molar-refractivity contribution < 1.29 is 4.74 Å². The number of hydrogen-bond acceptors (Lipinski definition) is 6. The van der Waals surface area contributed by atoms with Gasteiger partial charge in [-0.05, 0) is 24.6 Å². The van der Waals surface area contributed by atoms with E-state index >= 15 is 0 Å². The number of benzene rings is 1. The first kappa shape index (κ1) is 15.1. The second-order valence-corrected chi connectivity index (χ2v) is 5.19. The van der Waals surface area contributed by atoms with Crippen molar-refractivity contribution in [1.29, 1.82) is 0 Å². The number of methoxy groups -OCH3 is 1. The SMILES string of the molecule is COc1ccc(Cn2cnc(-c3nccnc3C(C)N)n2)cc1. The third-order valence-corrected chi connectivity index (χ3v) is 3.41. The topological polar surface area (TPSA) is 91.7 Å². The monoisotopic (exact) mass is 310 g/mol. The highest BCUT2D eigenvalue weighted by Crippen LogP contribution is 2.19. The van der Waals surface area contributed by atoms with Crippen molar-refractivity contribution in [2.45, 2.75) is 19.5 Å². The summed E-state index contributed by atoms with van der Waals surface area (Å²) < 4.78 is 6.92. The molecule has 0 saturated heterocycles. The van der Waals surface area contributed by atoms with Crippen LogP contribution in [-0.2, 0) is 6.54 Å². The molecule has 118 valence electrons. The van der Waals surface area contributed by atoms with Crippen LogP contribution >= 0.6 is 0 Å². The van der Waals surface area contributed by atoms with E-state index in [1.807, 2.05) is 31.2 Å². The lowest BCUT2D eigenvalue weighted by atomic mass is 10.2. The predicted molar refractivity (Wildman–Crippen MR) is 85.7 cm³/mol. The van der Waals surface area contributed by atoms with E-state index in [1.54, 1.807) is 30.5 Å². The molecule has 1 unspecified atom stereocenters. The van der Waals surface area contributed by atoms with Gasteiger partial charge >= 0.3 is 0 Å². The first-order chi connectivity index (χ1) is 11.2. The molecule has 1 atom stereocenters. The highest BCUT2D eigenvalue weighted by atomic mass is 16.5.